The molecule has 1 unspecified atom stereocenters. The molecule has 0 saturated carbocycles. The predicted molar refractivity (Wildman–Crippen MR) is 87.4 cm³/mol. The summed E-state index contributed by atoms with van der Waals surface area (Å²) < 4.78 is 18.7. The first-order valence-electron chi connectivity index (χ1n) is 8.07. The number of nitrogens with two attached hydrogens (primary N) is 1. The van der Waals surface area contributed by atoms with Gasteiger partial charge >= 0.3 is 0 Å². The van der Waals surface area contributed by atoms with Crippen molar-refractivity contribution in [2.75, 3.05) is 26.2 Å². The van der Waals surface area contributed by atoms with Crippen molar-refractivity contribution in [2.45, 2.75) is 18.8 Å². The van der Waals surface area contributed by atoms with E-state index in [0.717, 1.165) is 38.2 Å². The summed E-state index contributed by atoms with van der Waals surface area (Å²) in [4.78, 5) is 13.5. The number of H-pyrrole nitrogens is 1. The van der Waals surface area contributed by atoms with Gasteiger partial charge in [0.15, 0.2) is 0 Å². The van der Waals surface area contributed by atoms with E-state index in [0.29, 0.717) is 18.3 Å². The van der Waals surface area contributed by atoms with Crippen LogP contribution in [0, 0.1) is 5.82 Å². The van der Waals surface area contributed by atoms with E-state index < -0.39 is 5.91 Å². The Kier molecular flexibility index (Phi) is 5.10. The van der Waals surface area contributed by atoms with Crippen LogP contribution >= 0.6 is 0 Å². The lowest BCUT2D eigenvalue weighted by Crippen LogP contribution is -2.37. The van der Waals surface area contributed by atoms with Gasteiger partial charge in [0, 0.05) is 30.8 Å². The molecule has 3 rings (SSSR count). The minimum Gasteiger partial charge on any atom is -0.492 e. The molecule has 1 aliphatic rings. The van der Waals surface area contributed by atoms with Crippen LogP contribution in [-0.2, 0) is 0 Å². The number of amides is 1. The van der Waals surface area contributed by atoms with Gasteiger partial charge in [-0.1, -0.05) is 6.07 Å². The van der Waals surface area contributed by atoms with E-state index in [2.05, 4.69) is 15.1 Å². The summed E-state index contributed by atoms with van der Waals surface area (Å²) in [7, 11) is 0. The quantitative estimate of drug-likeness (QED) is 0.846. The molecule has 1 saturated heterocycles. The molecule has 0 spiro atoms. The average Bonchev–Trinajstić information content (AvgIpc) is 3.06. The number of nitrogens with one attached hydrogen (secondary N) is 1. The first kappa shape index (κ1) is 16.4. The maximum Gasteiger partial charge on any atom is 0.269 e. The number of hydrogen-bond acceptors (Lipinski definition) is 4. The number of rotatable bonds is 6. The van der Waals surface area contributed by atoms with Gasteiger partial charge < -0.3 is 10.5 Å². The van der Waals surface area contributed by atoms with E-state index in [1.165, 1.54) is 12.1 Å². The molecule has 24 heavy (non-hydrogen) atoms. The van der Waals surface area contributed by atoms with Gasteiger partial charge in [-0.3, -0.25) is 14.8 Å². The lowest BCUT2D eigenvalue weighted by atomic mass is 9.94. The SMILES string of the molecule is NC(=O)c1cc(C2CCCN(CCOc3cccc(F)c3)C2)[nH]n1. The van der Waals surface area contributed by atoms with E-state index in [1.54, 1.807) is 18.2 Å². The van der Waals surface area contributed by atoms with Gasteiger partial charge in [-0.15, -0.1) is 0 Å². The van der Waals surface area contributed by atoms with Crippen LogP contribution in [0.25, 0.3) is 0 Å². The Morgan fingerprint density at radius 1 is 1.46 bits per heavy atom. The van der Waals surface area contributed by atoms with Crippen molar-refractivity contribution in [2.24, 2.45) is 5.73 Å². The lowest BCUT2D eigenvalue weighted by molar-refractivity contribution is 0.0995. The minimum atomic E-state index is -0.520. The third-order valence-corrected chi connectivity index (χ3v) is 4.27. The van der Waals surface area contributed by atoms with Crippen LogP contribution in [0.15, 0.2) is 30.3 Å². The summed E-state index contributed by atoms with van der Waals surface area (Å²) in [5.41, 5.74) is 6.46. The van der Waals surface area contributed by atoms with Crippen LogP contribution in [0.1, 0.15) is 34.9 Å². The molecule has 1 fully saturated rings. The van der Waals surface area contributed by atoms with Crippen LogP contribution in [0.2, 0.25) is 0 Å². The summed E-state index contributed by atoms with van der Waals surface area (Å²) in [5, 5.41) is 6.86. The molecule has 1 aliphatic heterocycles. The Bertz CT molecular complexity index is 703. The van der Waals surface area contributed by atoms with E-state index in [4.69, 9.17) is 10.5 Å². The molecule has 6 nitrogen and oxygen atoms in total. The number of carbonyl (C=O) groups excluding carboxylic acids is 1. The molecule has 0 bridgehead atoms. The molecule has 1 amide bonds. The third kappa shape index (κ3) is 4.11. The standard InChI is InChI=1S/C17H21FN4O2/c18-13-4-1-5-14(9-13)24-8-7-22-6-2-3-12(11-22)15-10-16(17(19)23)21-20-15/h1,4-5,9-10,12H,2-3,6-8,11H2,(H2,19,23)(H,20,21). The largest absolute Gasteiger partial charge is 0.492 e. The fourth-order valence-corrected chi connectivity index (χ4v) is 3.03. The van der Waals surface area contributed by atoms with Gasteiger partial charge in [0.1, 0.15) is 23.9 Å². The van der Waals surface area contributed by atoms with Gasteiger partial charge in [0.05, 0.1) is 0 Å². The van der Waals surface area contributed by atoms with Crippen LogP contribution in [0.3, 0.4) is 0 Å². The molecule has 128 valence electrons. The van der Waals surface area contributed by atoms with Crippen molar-refractivity contribution in [1.29, 1.82) is 0 Å². The van der Waals surface area contributed by atoms with Gasteiger partial charge in [-0.25, -0.2) is 4.39 Å². The number of ether oxygens (including phenoxy) is 1. The first-order chi connectivity index (χ1) is 11.6. The average molecular weight is 332 g/mol. The van der Waals surface area contributed by atoms with Crippen molar-refractivity contribution in [1.82, 2.24) is 15.1 Å². The molecular formula is C17H21FN4O2. The number of primary amides is 1. The molecule has 3 N–H and O–H groups in total. The topological polar surface area (TPSA) is 84.2 Å². The maximum atomic E-state index is 13.1. The molecule has 2 aromatic rings. The number of likely N-dealkylation sites (tertiary alicyclic amines) is 1. The second kappa shape index (κ2) is 7.44. The molecule has 0 radical (unpaired) electrons. The zero-order valence-electron chi connectivity index (χ0n) is 13.4. The Morgan fingerprint density at radius 3 is 3.08 bits per heavy atom. The zero-order chi connectivity index (χ0) is 16.9. The summed E-state index contributed by atoms with van der Waals surface area (Å²) in [5.74, 6) is 0.0282. The van der Waals surface area contributed by atoms with Crippen molar-refractivity contribution in [3.63, 3.8) is 0 Å². The van der Waals surface area contributed by atoms with Gasteiger partial charge in [-0.2, -0.15) is 5.10 Å². The normalized spacial score (nSPS) is 18.5. The summed E-state index contributed by atoms with van der Waals surface area (Å²) >= 11 is 0. The fourth-order valence-electron chi connectivity index (χ4n) is 3.03. The molecule has 0 aliphatic carbocycles. The highest BCUT2D eigenvalue weighted by atomic mass is 19.1. The number of aromatic nitrogens is 2. The van der Waals surface area contributed by atoms with Crippen molar-refractivity contribution < 1.29 is 13.9 Å². The number of piperidine rings is 1. The van der Waals surface area contributed by atoms with E-state index in [-0.39, 0.29) is 11.5 Å². The Labute approximate surface area is 139 Å². The van der Waals surface area contributed by atoms with Gasteiger partial charge in [-0.05, 0) is 37.6 Å². The van der Waals surface area contributed by atoms with Gasteiger partial charge in [0.25, 0.3) is 5.91 Å². The van der Waals surface area contributed by atoms with Crippen LogP contribution in [0.4, 0.5) is 4.39 Å². The number of hydrogen-bond donors (Lipinski definition) is 2. The predicted octanol–water partition coefficient (Wildman–Crippen LogP) is 1.91. The number of benzene rings is 1. The Balaban J connectivity index is 1.50. The number of carbonyl (C=O) groups is 1. The summed E-state index contributed by atoms with van der Waals surface area (Å²) in [6.07, 6.45) is 2.11. The number of aromatic amines is 1. The molecule has 1 aromatic heterocycles. The highest BCUT2D eigenvalue weighted by Crippen LogP contribution is 2.25. The molecular weight excluding hydrogens is 311 g/mol. The van der Waals surface area contributed by atoms with Crippen molar-refractivity contribution in [3.05, 3.63) is 47.5 Å². The molecule has 1 aromatic carbocycles. The van der Waals surface area contributed by atoms with E-state index in [1.807, 2.05) is 0 Å². The number of nitrogens with zero attached hydrogens (tertiary/aromatic N) is 2. The molecule has 2 heterocycles. The van der Waals surface area contributed by atoms with Crippen molar-refractivity contribution >= 4 is 5.91 Å². The fraction of sp³-hybridized carbons (Fsp3) is 0.412. The zero-order valence-corrected chi connectivity index (χ0v) is 13.4. The third-order valence-electron chi connectivity index (χ3n) is 4.27. The second-order valence-electron chi connectivity index (χ2n) is 6.02. The first-order valence-corrected chi connectivity index (χ1v) is 8.07. The monoisotopic (exact) mass is 332 g/mol. The van der Waals surface area contributed by atoms with Gasteiger partial charge in [0.2, 0.25) is 0 Å². The van der Waals surface area contributed by atoms with E-state index in [9.17, 15) is 9.18 Å². The summed E-state index contributed by atoms with van der Waals surface area (Å²) in [6, 6.07) is 7.90. The highest BCUT2D eigenvalue weighted by Gasteiger charge is 2.23. The smallest absolute Gasteiger partial charge is 0.269 e. The van der Waals surface area contributed by atoms with Crippen LogP contribution in [-0.4, -0.2) is 47.2 Å². The van der Waals surface area contributed by atoms with Crippen molar-refractivity contribution in [3.8, 4) is 5.75 Å². The van der Waals surface area contributed by atoms with Crippen LogP contribution < -0.4 is 10.5 Å². The maximum absolute atomic E-state index is 13.1. The summed E-state index contributed by atoms with van der Waals surface area (Å²) in [6.45, 7) is 3.14. The van der Waals surface area contributed by atoms with E-state index >= 15 is 0 Å². The lowest BCUT2D eigenvalue weighted by Gasteiger charge is -2.32. The Morgan fingerprint density at radius 2 is 2.33 bits per heavy atom. The number of halogens is 1. The second-order valence-corrected chi connectivity index (χ2v) is 6.02. The molecule has 1 atom stereocenters. The Hall–Kier alpha value is -2.41. The van der Waals surface area contributed by atoms with Crippen LogP contribution in [0.5, 0.6) is 5.75 Å². The minimum absolute atomic E-state index is 0.275. The molecule has 7 heteroatoms. The highest BCUT2D eigenvalue weighted by molar-refractivity contribution is 5.90.